The van der Waals surface area contributed by atoms with Crippen LogP contribution in [0.3, 0.4) is 0 Å². The van der Waals surface area contributed by atoms with Gasteiger partial charge in [-0.2, -0.15) is 0 Å². The quantitative estimate of drug-likeness (QED) is 0.786. The first-order valence-corrected chi connectivity index (χ1v) is 9.08. The SMILES string of the molecule is O=C(CSc1ccccc1)N1CCN(C(=O)[C@H]2CCCO2)CC1. The first kappa shape index (κ1) is 16.3. The van der Waals surface area contributed by atoms with Gasteiger partial charge in [0.25, 0.3) is 5.91 Å². The minimum Gasteiger partial charge on any atom is -0.368 e. The third kappa shape index (κ3) is 4.26. The van der Waals surface area contributed by atoms with Gasteiger partial charge in [-0.3, -0.25) is 9.59 Å². The molecule has 0 aliphatic carbocycles. The Morgan fingerprint density at radius 1 is 1.09 bits per heavy atom. The van der Waals surface area contributed by atoms with Crippen molar-refractivity contribution in [2.75, 3.05) is 38.5 Å². The molecular weight excluding hydrogens is 312 g/mol. The van der Waals surface area contributed by atoms with Crippen molar-refractivity contribution in [3.63, 3.8) is 0 Å². The summed E-state index contributed by atoms with van der Waals surface area (Å²) in [6.45, 7) is 3.14. The lowest BCUT2D eigenvalue weighted by atomic mass is 10.2. The number of hydrogen-bond acceptors (Lipinski definition) is 4. The highest BCUT2D eigenvalue weighted by atomic mass is 32.2. The predicted molar refractivity (Wildman–Crippen MR) is 89.3 cm³/mol. The number of ether oxygens (including phenoxy) is 1. The van der Waals surface area contributed by atoms with E-state index in [1.165, 1.54) is 0 Å². The molecule has 0 bridgehead atoms. The zero-order valence-electron chi connectivity index (χ0n) is 13.1. The molecule has 2 fully saturated rings. The molecule has 23 heavy (non-hydrogen) atoms. The van der Waals surface area contributed by atoms with E-state index in [9.17, 15) is 9.59 Å². The first-order chi connectivity index (χ1) is 11.2. The molecule has 5 nitrogen and oxygen atoms in total. The molecule has 0 spiro atoms. The van der Waals surface area contributed by atoms with Gasteiger partial charge in [0.1, 0.15) is 6.10 Å². The Labute approximate surface area is 141 Å². The van der Waals surface area contributed by atoms with Crippen molar-refractivity contribution in [1.82, 2.24) is 9.80 Å². The molecule has 1 aromatic carbocycles. The molecule has 6 heteroatoms. The van der Waals surface area contributed by atoms with Gasteiger partial charge in [-0.1, -0.05) is 18.2 Å². The van der Waals surface area contributed by atoms with E-state index >= 15 is 0 Å². The lowest BCUT2D eigenvalue weighted by molar-refractivity contribution is -0.145. The predicted octanol–water partition coefficient (Wildman–Crippen LogP) is 1.63. The Morgan fingerprint density at radius 2 is 1.78 bits per heavy atom. The lowest BCUT2D eigenvalue weighted by Gasteiger charge is -2.35. The van der Waals surface area contributed by atoms with Gasteiger partial charge in [0.15, 0.2) is 0 Å². The summed E-state index contributed by atoms with van der Waals surface area (Å²) in [4.78, 5) is 29.4. The van der Waals surface area contributed by atoms with Crippen molar-refractivity contribution in [3.05, 3.63) is 30.3 Å². The van der Waals surface area contributed by atoms with Crippen LogP contribution in [0.1, 0.15) is 12.8 Å². The van der Waals surface area contributed by atoms with Crippen LogP contribution < -0.4 is 0 Å². The van der Waals surface area contributed by atoms with Crippen molar-refractivity contribution in [2.24, 2.45) is 0 Å². The molecule has 0 unspecified atom stereocenters. The van der Waals surface area contributed by atoms with Crippen LogP contribution in [0.4, 0.5) is 0 Å². The maximum atomic E-state index is 12.3. The van der Waals surface area contributed by atoms with E-state index in [-0.39, 0.29) is 17.9 Å². The van der Waals surface area contributed by atoms with E-state index in [0.717, 1.165) is 17.7 Å². The molecule has 0 saturated carbocycles. The Hall–Kier alpha value is -1.53. The van der Waals surface area contributed by atoms with Crippen LogP contribution in [-0.4, -0.2) is 66.3 Å². The smallest absolute Gasteiger partial charge is 0.251 e. The van der Waals surface area contributed by atoms with E-state index in [4.69, 9.17) is 4.74 Å². The number of piperazine rings is 1. The highest BCUT2D eigenvalue weighted by Gasteiger charge is 2.31. The molecule has 0 radical (unpaired) electrons. The van der Waals surface area contributed by atoms with E-state index in [1.54, 1.807) is 11.8 Å². The lowest BCUT2D eigenvalue weighted by Crippen LogP contribution is -2.53. The first-order valence-electron chi connectivity index (χ1n) is 8.10. The minimum absolute atomic E-state index is 0.0910. The summed E-state index contributed by atoms with van der Waals surface area (Å²) in [5.41, 5.74) is 0. The number of nitrogens with zero attached hydrogens (tertiary/aromatic N) is 2. The van der Waals surface area contributed by atoms with E-state index in [0.29, 0.717) is 38.5 Å². The summed E-state index contributed by atoms with van der Waals surface area (Å²) in [5.74, 6) is 0.681. The van der Waals surface area contributed by atoms with Crippen LogP contribution >= 0.6 is 11.8 Å². The summed E-state index contributed by atoms with van der Waals surface area (Å²) in [6, 6.07) is 9.94. The van der Waals surface area contributed by atoms with Gasteiger partial charge in [-0.05, 0) is 25.0 Å². The summed E-state index contributed by atoms with van der Waals surface area (Å²) in [6.07, 6.45) is 1.53. The fourth-order valence-electron chi connectivity index (χ4n) is 2.91. The largest absolute Gasteiger partial charge is 0.368 e. The fraction of sp³-hybridized carbons (Fsp3) is 0.529. The molecule has 3 rings (SSSR count). The molecule has 2 heterocycles. The second kappa shape index (κ2) is 7.84. The Kier molecular flexibility index (Phi) is 5.56. The second-order valence-electron chi connectivity index (χ2n) is 5.81. The van der Waals surface area contributed by atoms with Gasteiger partial charge in [0.2, 0.25) is 5.91 Å². The minimum atomic E-state index is -0.258. The third-order valence-electron chi connectivity index (χ3n) is 4.25. The van der Waals surface area contributed by atoms with Crippen LogP contribution in [0.2, 0.25) is 0 Å². The number of benzene rings is 1. The molecule has 2 amide bonds. The monoisotopic (exact) mass is 334 g/mol. The number of rotatable bonds is 4. The summed E-state index contributed by atoms with van der Waals surface area (Å²) >= 11 is 1.56. The Morgan fingerprint density at radius 3 is 2.43 bits per heavy atom. The average molecular weight is 334 g/mol. The van der Waals surface area contributed by atoms with Gasteiger partial charge in [-0.25, -0.2) is 0 Å². The van der Waals surface area contributed by atoms with Crippen molar-refractivity contribution in [2.45, 2.75) is 23.8 Å². The molecule has 0 aromatic heterocycles. The highest BCUT2D eigenvalue weighted by Crippen LogP contribution is 2.19. The van der Waals surface area contributed by atoms with E-state index in [1.807, 2.05) is 40.1 Å². The highest BCUT2D eigenvalue weighted by molar-refractivity contribution is 8.00. The van der Waals surface area contributed by atoms with Gasteiger partial charge in [0, 0.05) is 37.7 Å². The van der Waals surface area contributed by atoms with Crippen molar-refractivity contribution in [1.29, 1.82) is 0 Å². The molecule has 1 aromatic rings. The van der Waals surface area contributed by atoms with Crippen LogP contribution in [0, 0.1) is 0 Å². The zero-order valence-corrected chi connectivity index (χ0v) is 14.0. The molecule has 2 saturated heterocycles. The molecular formula is C17H22N2O3S. The van der Waals surface area contributed by atoms with Gasteiger partial charge >= 0.3 is 0 Å². The van der Waals surface area contributed by atoms with Gasteiger partial charge in [0.05, 0.1) is 5.75 Å². The van der Waals surface area contributed by atoms with E-state index in [2.05, 4.69) is 0 Å². The zero-order chi connectivity index (χ0) is 16.1. The average Bonchev–Trinajstić information content (AvgIpc) is 3.15. The molecule has 2 aliphatic rings. The number of thioether (sulfide) groups is 1. The molecule has 1 atom stereocenters. The number of carbonyl (C=O) groups excluding carboxylic acids is 2. The van der Waals surface area contributed by atoms with Gasteiger partial charge in [-0.15, -0.1) is 11.8 Å². The van der Waals surface area contributed by atoms with Crippen molar-refractivity contribution >= 4 is 23.6 Å². The summed E-state index contributed by atoms with van der Waals surface area (Å²) < 4.78 is 5.45. The summed E-state index contributed by atoms with van der Waals surface area (Å²) in [7, 11) is 0. The molecule has 124 valence electrons. The molecule has 2 aliphatic heterocycles. The van der Waals surface area contributed by atoms with Crippen LogP contribution in [0.25, 0.3) is 0 Å². The van der Waals surface area contributed by atoms with Crippen molar-refractivity contribution < 1.29 is 14.3 Å². The maximum absolute atomic E-state index is 12.3. The Balaban J connectivity index is 1.43. The fourth-order valence-corrected chi connectivity index (χ4v) is 3.73. The van der Waals surface area contributed by atoms with Crippen LogP contribution in [0.5, 0.6) is 0 Å². The topological polar surface area (TPSA) is 49.9 Å². The second-order valence-corrected chi connectivity index (χ2v) is 6.86. The van der Waals surface area contributed by atoms with Crippen molar-refractivity contribution in [3.8, 4) is 0 Å². The number of amides is 2. The van der Waals surface area contributed by atoms with E-state index < -0.39 is 0 Å². The normalized spacial score (nSPS) is 21.5. The standard InChI is InChI=1S/C17H22N2O3S/c20-16(13-23-14-5-2-1-3-6-14)18-8-10-19(11-9-18)17(21)15-7-4-12-22-15/h1-3,5-6,15H,4,7-13H2/t15-/m1/s1. The van der Waals surface area contributed by atoms with Crippen LogP contribution in [-0.2, 0) is 14.3 Å². The summed E-state index contributed by atoms with van der Waals surface area (Å²) in [5, 5.41) is 0. The maximum Gasteiger partial charge on any atom is 0.251 e. The Bertz CT molecular complexity index is 538. The van der Waals surface area contributed by atoms with Gasteiger partial charge < -0.3 is 14.5 Å². The molecule has 0 N–H and O–H groups in total. The third-order valence-corrected chi connectivity index (χ3v) is 5.25. The number of hydrogen-bond donors (Lipinski definition) is 0. The number of carbonyl (C=O) groups is 2. The van der Waals surface area contributed by atoms with Crippen LogP contribution in [0.15, 0.2) is 35.2 Å².